The second-order valence-corrected chi connectivity index (χ2v) is 6.73. The van der Waals surface area contributed by atoms with Crippen LogP contribution in [0, 0.1) is 0 Å². The summed E-state index contributed by atoms with van der Waals surface area (Å²) < 4.78 is 5.42. The smallest absolute Gasteiger partial charge is 0.253 e. The summed E-state index contributed by atoms with van der Waals surface area (Å²) in [6.07, 6.45) is 6.99. The van der Waals surface area contributed by atoms with Crippen LogP contribution < -0.4 is 4.90 Å². The van der Waals surface area contributed by atoms with Crippen LogP contribution in [0.15, 0.2) is 36.9 Å². The molecule has 0 radical (unpaired) electrons. The van der Waals surface area contributed by atoms with Gasteiger partial charge in [0.2, 0.25) is 0 Å². The van der Waals surface area contributed by atoms with Gasteiger partial charge in [-0.2, -0.15) is 0 Å². The first-order chi connectivity index (χ1) is 12.8. The summed E-state index contributed by atoms with van der Waals surface area (Å²) in [4.78, 5) is 29.8. The largest absolute Gasteiger partial charge is 0.378 e. The number of hydrogen-bond donors (Lipinski definition) is 0. The number of likely N-dealkylation sites (tertiary alicyclic amines) is 1. The fourth-order valence-electron chi connectivity index (χ4n) is 3.63. The maximum absolute atomic E-state index is 12.7. The quantitative estimate of drug-likeness (QED) is 0.837. The van der Waals surface area contributed by atoms with Crippen molar-refractivity contribution in [3.63, 3.8) is 0 Å². The Bertz CT molecular complexity index is 749. The summed E-state index contributed by atoms with van der Waals surface area (Å²) >= 11 is 0. The molecule has 0 spiro atoms. The number of carbonyl (C=O) groups is 1. The van der Waals surface area contributed by atoms with Gasteiger partial charge in [-0.15, -0.1) is 0 Å². The van der Waals surface area contributed by atoms with Crippen molar-refractivity contribution in [1.82, 2.24) is 19.9 Å². The summed E-state index contributed by atoms with van der Waals surface area (Å²) in [5, 5.41) is 0. The van der Waals surface area contributed by atoms with Crippen LogP contribution in [0.3, 0.4) is 0 Å². The van der Waals surface area contributed by atoms with Gasteiger partial charge in [0, 0.05) is 56.1 Å². The molecule has 136 valence electrons. The molecule has 2 saturated heterocycles. The van der Waals surface area contributed by atoms with Crippen LogP contribution in [0.4, 0.5) is 5.82 Å². The molecule has 7 nitrogen and oxygen atoms in total. The van der Waals surface area contributed by atoms with Gasteiger partial charge < -0.3 is 14.5 Å². The number of amides is 1. The van der Waals surface area contributed by atoms with Gasteiger partial charge in [0.1, 0.15) is 12.1 Å². The van der Waals surface area contributed by atoms with Crippen molar-refractivity contribution < 1.29 is 9.53 Å². The monoisotopic (exact) mass is 353 g/mol. The number of hydrogen-bond acceptors (Lipinski definition) is 6. The number of morpholine rings is 1. The molecule has 0 bridgehead atoms. The van der Waals surface area contributed by atoms with Gasteiger partial charge in [0.15, 0.2) is 0 Å². The van der Waals surface area contributed by atoms with E-state index in [4.69, 9.17) is 4.74 Å². The lowest BCUT2D eigenvalue weighted by Gasteiger charge is -2.33. The summed E-state index contributed by atoms with van der Waals surface area (Å²) in [6, 6.07) is 5.62. The normalized spacial score (nSPS) is 20.8. The number of aromatic nitrogens is 3. The summed E-state index contributed by atoms with van der Waals surface area (Å²) in [5.41, 5.74) is 1.71. The zero-order valence-corrected chi connectivity index (χ0v) is 14.8. The summed E-state index contributed by atoms with van der Waals surface area (Å²) in [7, 11) is 0. The minimum absolute atomic E-state index is 0.0690. The average molecular weight is 353 g/mol. The molecule has 0 N–H and O–H groups in total. The molecular formula is C19H23N5O2. The predicted molar refractivity (Wildman–Crippen MR) is 97.2 cm³/mol. The third kappa shape index (κ3) is 3.67. The molecule has 0 unspecified atom stereocenters. The van der Waals surface area contributed by atoms with Gasteiger partial charge in [0.25, 0.3) is 5.91 Å². The Morgan fingerprint density at radius 2 is 1.92 bits per heavy atom. The minimum atomic E-state index is 0.0690. The van der Waals surface area contributed by atoms with E-state index in [1.807, 2.05) is 4.90 Å². The van der Waals surface area contributed by atoms with E-state index in [1.165, 1.54) is 0 Å². The number of rotatable bonds is 3. The molecular weight excluding hydrogens is 330 g/mol. The lowest BCUT2D eigenvalue weighted by atomic mass is 9.94. The summed E-state index contributed by atoms with van der Waals surface area (Å²) in [5.74, 6) is 1.27. The highest BCUT2D eigenvalue weighted by Gasteiger charge is 2.27. The van der Waals surface area contributed by atoms with Gasteiger partial charge in [-0.3, -0.25) is 9.78 Å². The first kappa shape index (κ1) is 16.9. The molecule has 4 rings (SSSR count). The fourth-order valence-corrected chi connectivity index (χ4v) is 3.63. The van der Waals surface area contributed by atoms with E-state index >= 15 is 0 Å². The van der Waals surface area contributed by atoms with Gasteiger partial charge in [-0.1, -0.05) is 0 Å². The van der Waals surface area contributed by atoms with Crippen molar-refractivity contribution in [1.29, 1.82) is 0 Å². The van der Waals surface area contributed by atoms with Crippen LogP contribution in [-0.2, 0) is 4.74 Å². The van der Waals surface area contributed by atoms with E-state index in [9.17, 15) is 4.79 Å². The van der Waals surface area contributed by atoms with E-state index in [1.54, 1.807) is 30.9 Å². The lowest BCUT2D eigenvalue weighted by molar-refractivity contribution is 0.0705. The van der Waals surface area contributed by atoms with E-state index in [0.29, 0.717) is 12.1 Å². The van der Waals surface area contributed by atoms with Crippen molar-refractivity contribution >= 4 is 11.7 Å². The Labute approximate surface area is 153 Å². The van der Waals surface area contributed by atoms with Gasteiger partial charge >= 0.3 is 0 Å². The first-order valence-electron chi connectivity index (χ1n) is 9.15. The Morgan fingerprint density at radius 1 is 1.12 bits per heavy atom. The average Bonchev–Trinajstić information content (AvgIpc) is 2.75. The zero-order valence-electron chi connectivity index (χ0n) is 14.8. The third-order valence-electron chi connectivity index (χ3n) is 5.06. The van der Waals surface area contributed by atoms with E-state index in [0.717, 1.165) is 57.2 Å². The van der Waals surface area contributed by atoms with Gasteiger partial charge in [-0.05, 0) is 25.0 Å². The van der Waals surface area contributed by atoms with Crippen LogP contribution in [-0.4, -0.2) is 65.2 Å². The maximum Gasteiger partial charge on any atom is 0.253 e. The summed E-state index contributed by atoms with van der Waals surface area (Å²) in [6.45, 7) is 4.66. The molecule has 1 atom stereocenters. The molecule has 0 aliphatic carbocycles. The molecule has 0 saturated carbocycles. The number of ether oxygens (including phenoxy) is 1. The molecule has 2 aromatic rings. The molecule has 0 aromatic carbocycles. The van der Waals surface area contributed by atoms with Crippen LogP contribution in [0.5, 0.6) is 0 Å². The fraction of sp³-hybridized carbons (Fsp3) is 0.474. The highest BCUT2D eigenvalue weighted by atomic mass is 16.5. The number of carbonyl (C=O) groups excluding carboxylic acids is 1. The van der Waals surface area contributed by atoms with Crippen molar-refractivity contribution in [2.75, 3.05) is 44.3 Å². The van der Waals surface area contributed by atoms with Crippen LogP contribution in [0.2, 0.25) is 0 Å². The Balaban J connectivity index is 1.48. The highest BCUT2D eigenvalue weighted by molar-refractivity contribution is 5.94. The van der Waals surface area contributed by atoms with Crippen molar-refractivity contribution in [3.05, 3.63) is 48.2 Å². The van der Waals surface area contributed by atoms with Gasteiger partial charge in [-0.25, -0.2) is 9.97 Å². The topological polar surface area (TPSA) is 71.5 Å². The molecule has 4 heterocycles. The minimum Gasteiger partial charge on any atom is -0.378 e. The second kappa shape index (κ2) is 7.78. The highest BCUT2D eigenvalue weighted by Crippen LogP contribution is 2.28. The zero-order chi connectivity index (χ0) is 17.8. The van der Waals surface area contributed by atoms with E-state index < -0.39 is 0 Å². The molecule has 2 aliphatic heterocycles. The molecule has 2 fully saturated rings. The van der Waals surface area contributed by atoms with Crippen LogP contribution >= 0.6 is 0 Å². The standard InChI is InChI=1S/C19H23N5O2/c25-19(15-3-5-20-6-4-15)24-7-1-2-16(13-24)17-12-18(22-14-21-17)23-8-10-26-11-9-23/h3-6,12,14,16H,1-2,7-11,13H2/t16-/m1/s1. The Hall–Kier alpha value is -2.54. The number of pyridine rings is 1. The molecule has 2 aromatic heterocycles. The maximum atomic E-state index is 12.7. The van der Waals surface area contributed by atoms with Crippen molar-refractivity contribution in [3.8, 4) is 0 Å². The Kier molecular flexibility index (Phi) is 5.06. The van der Waals surface area contributed by atoms with Crippen molar-refractivity contribution in [2.24, 2.45) is 0 Å². The number of anilines is 1. The molecule has 7 heteroatoms. The lowest BCUT2D eigenvalue weighted by Crippen LogP contribution is -2.39. The molecule has 1 amide bonds. The SMILES string of the molecule is O=C(c1ccncc1)N1CCC[C@@H](c2cc(N3CCOCC3)ncn2)C1. The number of piperidine rings is 1. The second-order valence-electron chi connectivity index (χ2n) is 6.73. The van der Waals surface area contributed by atoms with Crippen LogP contribution in [0.25, 0.3) is 0 Å². The predicted octanol–water partition coefficient (Wildman–Crippen LogP) is 1.73. The number of nitrogens with zero attached hydrogens (tertiary/aromatic N) is 5. The Morgan fingerprint density at radius 3 is 2.73 bits per heavy atom. The van der Waals surface area contributed by atoms with Crippen LogP contribution in [0.1, 0.15) is 34.8 Å². The van der Waals surface area contributed by atoms with E-state index in [2.05, 4.69) is 25.9 Å². The molecule has 26 heavy (non-hydrogen) atoms. The third-order valence-corrected chi connectivity index (χ3v) is 5.06. The van der Waals surface area contributed by atoms with Gasteiger partial charge in [0.05, 0.1) is 18.9 Å². The first-order valence-corrected chi connectivity index (χ1v) is 9.15. The van der Waals surface area contributed by atoms with Crippen molar-refractivity contribution in [2.45, 2.75) is 18.8 Å². The van der Waals surface area contributed by atoms with E-state index in [-0.39, 0.29) is 11.8 Å². The molecule has 2 aliphatic rings.